The number of carbonyl (C=O) groups is 1. The zero-order valence-corrected chi connectivity index (χ0v) is 9.81. The second-order valence-corrected chi connectivity index (χ2v) is 3.94. The SMILES string of the molecule is CCC(C#N)C(=O)c1cc(F)c(C)cc1Cl. The number of hydrogen-bond acceptors (Lipinski definition) is 2. The zero-order chi connectivity index (χ0) is 12.3. The fraction of sp³-hybridized carbons (Fsp3) is 0.333. The van der Waals surface area contributed by atoms with E-state index >= 15 is 0 Å². The van der Waals surface area contributed by atoms with Crippen molar-refractivity contribution in [2.75, 3.05) is 0 Å². The first-order chi connectivity index (χ1) is 7.51. The molecular formula is C12H11ClFNO. The van der Waals surface area contributed by atoms with Gasteiger partial charge in [-0.05, 0) is 31.0 Å². The molecule has 0 aliphatic rings. The average molecular weight is 240 g/mol. The van der Waals surface area contributed by atoms with Crippen molar-refractivity contribution < 1.29 is 9.18 Å². The number of hydrogen-bond donors (Lipinski definition) is 0. The summed E-state index contributed by atoms with van der Waals surface area (Å²) in [5.74, 6) is -1.67. The van der Waals surface area contributed by atoms with Gasteiger partial charge in [0.1, 0.15) is 11.7 Å². The molecule has 0 saturated heterocycles. The van der Waals surface area contributed by atoms with Gasteiger partial charge in [-0.15, -0.1) is 0 Å². The molecule has 1 rings (SSSR count). The van der Waals surface area contributed by atoms with Crippen LogP contribution in [0.5, 0.6) is 0 Å². The lowest BCUT2D eigenvalue weighted by molar-refractivity contribution is 0.0946. The van der Waals surface area contributed by atoms with Gasteiger partial charge in [0.05, 0.1) is 11.1 Å². The highest BCUT2D eigenvalue weighted by Crippen LogP contribution is 2.23. The van der Waals surface area contributed by atoms with Gasteiger partial charge >= 0.3 is 0 Å². The Labute approximate surface area is 98.6 Å². The molecule has 2 nitrogen and oxygen atoms in total. The summed E-state index contributed by atoms with van der Waals surface area (Å²) in [5.41, 5.74) is 0.463. The lowest BCUT2D eigenvalue weighted by Gasteiger charge is -2.08. The second kappa shape index (κ2) is 5.09. The summed E-state index contributed by atoms with van der Waals surface area (Å²) >= 11 is 5.86. The van der Waals surface area contributed by atoms with Crippen LogP contribution in [0.1, 0.15) is 29.3 Å². The molecule has 16 heavy (non-hydrogen) atoms. The number of nitriles is 1. The third-order valence-electron chi connectivity index (χ3n) is 2.39. The van der Waals surface area contributed by atoms with Crippen LogP contribution in [0.3, 0.4) is 0 Å². The summed E-state index contributed by atoms with van der Waals surface area (Å²) in [6, 6.07) is 4.37. The maximum Gasteiger partial charge on any atom is 0.181 e. The molecule has 1 aromatic rings. The van der Waals surface area contributed by atoms with E-state index in [0.717, 1.165) is 6.07 Å². The smallest absolute Gasteiger partial charge is 0.181 e. The molecule has 0 amide bonds. The summed E-state index contributed by atoms with van der Waals surface area (Å²) in [6.07, 6.45) is 0.390. The second-order valence-electron chi connectivity index (χ2n) is 3.54. The van der Waals surface area contributed by atoms with E-state index in [1.807, 2.05) is 6.07 Å². The molecule has 0 radical (unpaired) electrons. The van der Waals surface area contributed by atoms with Crippen LogP contribution >= 0.6 is 11.6 Å². The first-order valence-electron chi connectivity index (χ1n) is 4.90. The van der Waals surface area contributed by atoms with E-state index in [9.17, 15) is 9.18 Å². The largest absolute Gasteiger partial charge is 0.293 e. The molecule has 0 N–H and O–H groups in total. The molecule has 4 heteroatoms. The average Bonchev–Trinajstić information content (AvgIpc) is 2.25. The molecule has 1 atom stereocenters. The highest BCUT2D eigenvalue weighted by Gasteiger charge is 2.21. The number of ketones is 1. The minimum absolute atomic E-state index is 0.0816. The molecule has 1 aromatic carbocycles. The van der Waals surface area contributed by atoms with Crippen molar-refractivity contribution in [1.82, 2.24) is 0 Å². The molecular weight excluding hydrogens is 229 g/mol. The Morgan fingerprint density at radius 3 is 2.75 bits per heavy atom. The summed E-state index contributed by atoms with van der Waals surface area (Å²) in [7, 11) is 0. The number of rotatable bonds is 3. The Morgan fingerprint density at radius 1 is 1.62 bits per heavy atom. The fourth-order valence-corrected chi connectivity index (χ4v) is 1.67. The summed E-state index contributed by atoms with van der Waals surface area (Å²) in [4.78, 5) is 11.8. The highest BCUT2D eigenvalue weighted by molar-refractivity contribution is 6.34. The number of benzene rings is 1. The van der Waals surface area contributed by atoms with Crippen LogP contribution in [0, 0.1) is 30.0 Å². The Bertz CT molecular complexity index is 465. The lowest BCUT2D eigenvalue weighted by Crippen LogP contribution is -2.13. The van der Waals surface area contributed by atoms with Crippen molar-refractivity contribution in [1.29, 1.82) is 5.26 Å². The van der Waals surface area contributed by atoms with Crippen LogP contribution in [-0.2, 0) is 0 Å². The van der Waals surface area contributed by atoms with Crippen molar-refractivity contribution in [3.8, 4) is 6.07 Å². The molecule has 0 aliphatic heterocycles. The van der Waals surface area contributed by atoms with Gasteiger partial charge in [0.2, 0.25) is 0 Å². The van der Waals surface area contributed by atoms with Gasteiger partial charge in [-0.3, -0.25) is 4.79 Å². The third-order valence-corrected chi connectivity index (χ3v) is 2.71. The minimum Gasteiger partial charge on any atom is -0.293 e. The van der Waals surface area contributed by atoms with Crippen LogP contribution in [-0.4, -0.2) is 5.78 Å². The Kier molecular flexibility index (Phi) is 4.03. The van der Waals surface area contributed by atoms with Gasteiger partial charge in [-0.2, -0.15) is 5.26 Å². The van der Waals surface area contributed by atoms with Crippen molar-refractivity contribution in [2.24, 2.45) is 5.92 Å². The number of Topliss-reactive ketones (excluding diaryl/α,β-unsaturated/α-hetero) is 1. The van der Waals surface area contributed by atoms with Crippen molar-refractivity contribution in [3.63, 3.8) is 0 Å². The third kappa shape index (κ3) is 2.40. The maximum atomic E-state index is 13.3. The highest BCUT2D eigenvalue weighted by atomic mass is 35.5. The zero-order valence-electron chi connectivity index (χ0n) is 9.05. The summed E-state index contributed by atoms with van der Waals surface area (Å²) in [6.45, 7) is 3.29. The monoisotopic (exact) mass is 239 g/mol. The maximum absolute atomic E-state index is 13.3. The summed E-state index contributed by atoms with van der Waals surface area (Å²) in [5, 5.41) is 8.96. The van der Waals surface area contributed by atoms with E-state index < -0.39 is 17.5 Å². The van der Waals surface area contributed by atoms with Crippen molar-refractivity contribution in [3.05, 3.63) is 34.1 Å². The Morgan fingerprint density at radius 2 is 2.25 bits per heavy atom. The quantitative estimate of drug-likeness (QED) is 0.758. The van der Waals surface area contributed by atoms with Gasteiger partial charge in [0, 0.05) is 5.56 Å². The van der Waals surface area contributed by atoms with Crippen molar-refractivity contribution >= 4 is 17.4 Å². The first kappa shape index (κ1) is 12.7. The minimum atomic E-state index is -0.764. The van der Waals surface area contributed by atoms with Gasteiger partial charge in [-0.25, -0.2) is 4.39 Å². The number of aryl methyl sites for hydroxylation is 1. The van der Waals surface area contributed by atoms with Crippen LogP contribution in [0.25, 0.3) is 0 Å². The van der Waals surface area contributed by atoms with Crippen molar-refractivity contribution in [2.45, 2.75) is 20.3 Å². The molecule has 0 aliphatic carbocycles. The molecule has 0 aromatic heterocycles. The molecule has 0 fully saturated rings. The number of nitrogens with zero attached hydrogens (tertiary/aromatic N) is 1. The van der Waals surface area contributed by atoms with E-state index in [1.54, 1.807) is 13.8 Å². The van der Waals surface area contributed by atoms with Gasteiger partial charge < -0.3 is 0 Å². The molecule has 0 saturated carbocycles. The van der Waals surface area contributed by atoms with E-state index in [-0.39, 0.29) is 10.6 Å². The van der Waals surface area contributed by atoms with Crippen LogP contribution in [0.2, 0.25) is 5.02 Å². The molecule has 0 spiro atoms. The summed E-state index contributed by atoms with van der Waals surface area (Å²) < 4.78 is 13.3. The van der Waals surface area contributed by atoms with Gasteiger partial charge in [-0.1, -0.05) is 18.5 Å². The topological polar surface area (TPSA) is 40.9 Å². The standard InChI is InChI=1S/C12H11ClFNO/c1-3-8(6-15)12(16)9-5-11(14)7(2)4-10(9)13/h4-5,8H,3H2,1-2H3. The Balaban J connectivity index is 3.20. The van der Waals surface area contributed by atoms with Crippen LogP contribution < -0.4 is 0 Å². The fourth-order valence-electron chi connectivity index (χ4n) is 1.36. The predicted octanol–water partition coefficient (Wildman–Crippen LogP) is 3.52. The molecule has 0 bridgehead atoms. The van der Waals surface area contributed by atoms with Gasteiger partial charge in [0.15, 0.2) is 5.78 Å². The number of carbonyl (C=O) groups excluding carboxylic acids is 1. The van der Waals surface area contributed by atoms with Gasteiger partial charge in [0.25, 0.3) is 0 Å². The first-order valence-corrected chi connectivity index (χ1v) is 5.28. The lowest BCUT2D eigenvalue weighted by atomic mass is 9.96. The van der Waals surface area contributed by atoms with Crippen LogP contribution in [0.15, 0.2) is 12.1 Å². The molecule has 1 unspecified atom stereocenters. The molecule has 0 heterocycles. The normalized spacial score (nSPS) is 11.9. The van der Waals surface area contributed by atoms with E-state index in [2.05, 4.69) is 0 Å². The molecule has 84 valence electrons. The van der Waals surface area contributed by atoms with Crippen LogP contribution in [0.4, 0.5) is 4.39 Å². The number of halogens is 2. The van der Waals surface area contributed by atoms with E-state index in [0.29, 0.717) is 12.0 Å². The van der Waals surface area contributed by atoms with E-state index in [1.165, 1.54) is 6.07 Å². The predicted molar refractivity (Wildman–Crippen MR) is 59.9 cm³/mol. The Hall–Kier alpha value is -1.40. The van der Waals surface area contributed by atoms with E-state index in [4.69, 9.17) is 16.9 Å².